The Labute approximate surface area is 105 Å². The third kappa shape index (κ3) is 11.5. The number of carbonyl (C=O) groups excluding carboxylic acids is 1. The Morgan fingerprint density at radius 2 is 1.83 bits per heavy atom. The second kappa shape index (κ2) is 8.17. The third-order valence-electron chi connectivity index (χ3n) is 1.46. The van der Waals surface area contributed by atoms with Gasteiger partial charge in [0.2, 0.25) is 5.91 Å². The second-order valence-electron chi connectivity index (χ2n) is 2.90. The zero-order valence-electron chi connectivity index (χ0n) is 9.68. The van der Waals surface area contributed by atoms with E-state index in [2.05, 4.69) is 18.5 Å². The van der Waals surface area contributed by atoms with Crippen LogP contribution in [0.25, 0.3) is 0 Å². The Morgan fingerprint density at radius 1 is 1.44 bits per heavy atom. The highest BCUT2D eigenvalue weighted by Crippen LogP contribution is 2.34. The van der Waals surface area contributed by atoms with E-state index in [1.165, 1.54) is 6.92 Å². The van der Waals surface area contributed by atoms with Gasteiger partial charge in [-0.05, 0) is 12.5 Å². The molecule has 0 aliphatic rings. The van der Waals surface area contributed by atoms with Crippen LogP contribution in [0.2, 0.25) is 0 Å². The maximum absolute atomic E-state index is 10.6. The molecule has 0 radical (unpaired) electrons. The fraction of sp³-hybridized carbons (Fsp3) is 0.375. The quantitative estimate of drug-likeness (QED) is 0.323. The minimum absolute atomic E-state index is 0.110. The van der Waals surface area contributed by atoms with E-state index in [0.29, 0.717) is 5.82 Å². The molecule has 0 rings (SSSR count). The molecule has 0 bridgehead atoms. The highest BCUT2D eigenvalue weighted by Gasteiger charge is 2.21. The average Bonchev–Trinajstić information content (AvgIpc) is 2.23. The number of nitrogens with one attached hydrogen (secondary N) is 1. The van der Waals surface area contributed by atoms with E-state index >= 15 is 0 Å². The van der Waals surface area contributed by atoms with Crippen molar-refractivity contribution in [2.24, 2.45) is 0 Å². The number of hydrogen-bond donors (Lipinski definition) is 4. The van der Waals surface area contributed by atoms with Gasteiger partial charge < -0.3 is 15.1 Å². The molecule has 1 unspecified atom stereocenters. The number of hydrogen-bond acceptors (Lipinski definition) is 4. The first-order valence-electron chi connectivity index (χ1n) is 4.56. The molecular formula is C8H16NO7PS. The molecule has 10 heteroatoms. The van der Waals surface area contributed by atoms with Gasteiger partial charge in [-0.25, -0.2) is 0 Å². The molecule has 4 N–H and O–H groups in total. The highest BCUT2D eigenvalue weighted by molar-refractivity contribution is 7.86. The van der Waals surface area contributed by atoms with Gasteiger partial charge in [0.25, 0.3) is 10.1 Å². The lowest BCUT2D eigenvalue weighted by Gasteiger charge is -2.11. The molecule has 0 saturated heterocycles. The van der Waals surface area contributed by atoms with Crippen molar-refractivity contribution < 1.29 is 32.1 Å². The van der Waals surface area contributed by atoms with Crippen LogP contribution >= 0.6 is 7.60 Å². The van der Waals surface area contributed by atoms with Gasteiger partial charge in [0.05, 0.1) is 0 Å². The summed E-state index contributed by atoms with van der Waals surface area (Å²) in [6.45, 7) is 7.54. The second-order valence-corrected chi connectivity index (χ2v) is 6.04. The molecule has 8 nitrogen and oxygen atoms in total. The van der Waals surface area contributed by atoms with Crippen molar-refractivity contribution in [3.63, 3.8) is 0 Å². The molecule has 0 aromatic heterocycles. The smallest absolute Gasteiger partial charge is 0.334 e. The van der Waals surface area contributed by atoms with Crippen molar-refractivity contribution in [3.05, 3.63) is 25.1 Å². The molecule has 0 saturated carbocycles. The van der Waals surface area contributed by atoms with Crippen molar-refractivity contribution in [1.29, 1.82) is 0 Å². The van der Waals surface area contributed by atoms with Gasteiger partial charge in [0.15, 0.2) is 5.37 Å². The van der Waals surface area contributed by atoms with Crippen LogP contribution in [0.1, 0.15) is 13.3 Å². The van der Waals surface area contributed by atoms with Gasteiger partial charge in [0.1, 0.15) is 0 Å². The summed E-state index contributed by atoms with van der Waals surface area (Å²) in [6, 6.07) is 0. The molecule has 0 heterocycles. The fourth-order valence-electron chi connectivity index (χ4n) is 0.605. The van der Waals surface area contributed by atoms with E-state index in [4.69, 9.17) is 14.3 Å². The molecule has 0 fully saturated rings. The van der Waals surface area contributed by atoms with Crippen LogP contribution in [0, 0.1) is 0 Å². The number of carbonyl (C=O) groups is 1. The summed E-state index contributed by atoms with van der Waals surface area (Å²) in [5.41, 5.74) is 0. The van der Waals surface area contributed by atoms with Crippen LogP contribution in [0.4, 0.5) is 0 Å². The van der Waals surface area contributed by atoms with Crippen LogP contribution in [-0.2, 0) is 19.5 Å². The van der Waals surface area contributed by atoms with Gasteiger partial charge >= 0.3 is 7.60 Å². The molecule has 18 heavy (non-hydrogen) atoms. The van der Waals surface area contributed by atoms with E-state index in [9.17, 15) is 17.8 Å². The van der Waals surface area contributed by atoms with Gasteiger partial charge in [-0.15, -0.1) is 0 Å². The Morgan fingerprint density at radius 3 is 2.00 bits per heavy atom. The molecular weight excluding hydrogens is 285 g/mol. The third-order valence-corrected chi connectivity index (χ3v) is 3.10. The first kappa shape index (κ1) is 19.4. The first-order valence-corrected chi connectivity index (χ1v) is 7.74. The molecule has 0 spiro atoms. The fourth-order valence-corrected chi connectivity index (χ4v) is 1.29. The average molecular weight is 301 g/mol. The summed E-state index contributed by atoms with van der Waals surface area (Å²) in [7, 11) is -8.08. The van der Waals surface area contributed by atoms with Crippen LogP contribution in [0.15, 0.2) is 25.1 Å². The van der Waals surface area contributed by atoms with Crippen molar-refractivity contribution in [1.82, 2.24) is 5.32 Å². The van der Waals surface area contributed by atoms with Crippen molar-refractivity contribution in [2.45, 2.75) is 18.7 Å². The van der Waals surface area contributed by atoms with E-state index < -0.39 is 29.0 Å². The minimum atomic E-state index is -4.20. The minimum Gasteiger partial charge on any atom is -0.334 e. The van der Waals surface area contributed by atoms with E-state index in [0.717, 1.165) is 6.08 Å². The van der Waals surface area contributed by atoms with Crippen LogP contribution in [-0.4, -0.2) is 34.0 Å². The molecule has 1 atom stereocenters. The summed E-state index contributed by atoms with van der Waals surface area (Å²) in [5, 5.41) is 0.814. The van der Waals surface area contributed by atoms with Crippen LogP contribution in [0.3, 0.4) is 0 Å². The van der Waals surface area contributed by atoms with E-state index in [1.807, 2.05) is 0 Å². The lowest BCUT2D eigenvalue weighted by atomic mass is 10.4. The lowest BCUT2D eigenvalue weighted by molar-refractivity contribution is -0.116. The molecule has 0 aliphatic heterocycles. The summed E-state index contributed by atoms with van der Waals surface area (Å²) in [6.07, 6.45) is 1.05. The monoisotopic (exact) mass is 301 g/mol. The van der Waals surface area contributed by atoms with E-state index in [1.54, 1.807) is 0 Å². The molecule has 0 aromatic rings. The Hall–Kier alpha value is -0.990. The Kier molecular flexibility index (Phi) is 8.79. The number of rotatable bonds is 5. The van der Waals surface area contributed by atoms with Crippen molar-refractivity contribution in [2.75, 3.05) is 0 Å². The van der Waals surface area contributed by atoms with Crippen molar-refractivity contribution in [3.8, 4) is 0 Å². The van der Waals surface area contributed by atoms with Gasteiger partial charge in [-0.1, -0.05) is 20.1 Å². The maximum atomic E-state index is 10.6. The predicted molar refractivity (Wildman–Crippen MR) is 66.2 cm³/mol. The molecule has 0 aromatic carbocycles. The summed E-state index contributed by atoms with van der Waals surface area (Å²) >= 11 is 0. The Bertz CT molecular complexity index is 438. The predicted octanol–water partition coefficient (Wildman–Crippen LogP) is 0.220. The zero-order chi connectivity index (χ0) is 15.0. The normalized spacial score (nSPS) is 12.7. The largest absolute Gasteiger partial charge is 0.348 e. The zero-order valence-corrected chi connectivity index (χ0v) is 11.4. The molecule has 1 amide bonds. The van der Waals surface area contributed by atoms with E-state index in [-0.39, 0.29) is 6.42 Å². The maximum Gasteiger partial charge on any atom is 0.348 e. The van der Waals surface area contributed by atoms with Gasteiger partial charge in [0, 0.05) is 5.82 Å². The highest BCUT2D eigenvalue weighted by atomic mass is 32.2. The Balaban J connectivity index is 0. The summed E-state index contributed by atoms with van der Waals surface area (Å²) in [4.78, 5) is 26.3. The topological polar surface area (TPSA) is 141 Å². The lowest BCUT2D eigenvalue weighted by Crippen LogP contribution is -2.39. The molecule has 0 aliphatic carbocycles. The number of amides is 1. The van der Waals surface area contributed by atoms with Crippen molar-refractivity contribution >= 4 is 23.6 Å². The van der Waals surface area contributed by atoms with Crippen LogP contribution in [0.5, 0.6) is 0 Å². The van der Waals surface area contributed by atoms with Crippen LogP contribution < -0.4 is 5.32 Å². The first-order chi connectivity index (χ1) is 7.97. The van der Waals surface area contributed by atoms with Gasteiger partial charge in [-0.2, -0.15) is 8.42 Å². The SMILES string of the molecule is C=CC(=O)NC(CC)S(=O)(=O)O.C=CP(=O)(O)O. The molecule has 106 valence electrons. The van der Waals surface area contributed by atoms with Gasteiger partial charge in [-0.3, -0.25) is 13.9 Å². The standard InChI is InChI=1S/C6H11NO4S.C2H5O3P/c1-3-5(8)7-6(4-2)12(9,10)11;1-2-6(3,4)5/h3,6H,1,4H2,2H3,(H,7,8)(H,9,10,11);2H,1H2,(H2,3,4,5). The summed E-state index contributed by atoms with van der Waals surface area (Å²) < 4.78 is 39.2. The summed E-state index contributed by atoms with van der Waals surface area (Å²) in [5.74, 6) is -0.0213.